The van der Waals surface area contributed by atoms with Gasteiger partial charge in [0, 0.05) is 55.4 Å². The van der Waals surface area contributed by atoms with Crippen molar-refractivity contribution in [1.29, 1.82) is 5.41 Å². The summed E-state index contributed by atoms with van der Waals surface area (Å²) < 4.78 is 54.4. The van der Waals surface area contributed by atoms with Crippen LogP contribution in [0.4, 0.5) is 24.7 Å². The van der Waals surface area contributed by atoms with Gasteiger partial charge in [-0.1, -0.05) is 0 Å². The van der Waals surface area contributed by atoms with Crippen LogP contribution in [0.25, 0.3) is 11.3 Å². The zero-order chi connectivity index (χ0) is 27.0. The van der Waals surface area contributed by atoms with Crippen molar-refractivity contribution in [3.8, 4) is 22.8 Å². The van der Waals surface area contributed by atoms with Crippen molar-refractivity contribution in [2.45, 2.75) is 51.2 Å². The molecule has 0 radical (unpaired) electrons. The molecule has 0 bridgehead atoms. The van der Waals surface area contributed by atoms with E-state index in [1.807, 2.05) is 13.8 Å². The number of alkyl halides is 3. The Labute approximate surface area is 214 Å². The molecule has 5 N–H and O–H groups in total. The normalized spacial score (nSPS) is 15.4. The smallest absolute Gasteiger partial charge is 0.491 e. The summed E-state index contributed by atoms with van der Waals surface area (Å²) in [5, 5.41) is 27.4. The number of aliphatic hydroxyl groups is 1. The van der Waals surface area contributed by atoms with Crippen LogP contribution in [0.3, 0.4) is 0 Å². The highest BCUT2D eigenvalue weighted by atomic mass is 19.4. The third kappa shape index (κ3) is 8.76. The fourth-order valence-corrected chi connectivity index (χ4v) is 3.90. The summed E-state index contributed by atoms with van der Waals surface area (Å²) in [6.07, 6.45) is -3.00. The Morgan fingerprint density at radius 1 is 1.19 bits per heavy atom. The van der Waals surface area contributed by atoms with E-state index in [9.17, 15) is 18.3 Å². The van der Waals surface area contributed by atoms with Gasteiger partial charge in [-0.15, -0.1) is 13.2 Å². The van der Waals surface area contributed by atoms with Crippen molar-refractivity contribution in [2.24, 2.45) is 0 Å². The average molecular weight is 526 g/mol. The molecular weight excluding hydrogens is 491 g/mol. The number of rotatable bonds is 12. The van der Waals surface area contributed by atoms with Crippen molar-refractivity contribution in [3.05, 3.63) is 29.8 Å². The molecule has 0 amide bonds. The first kappa shape index (κ1) is 28.5. The molecule has 1 unspecified atom stereocenters. The highest BCUT2D eigenvalue weighted by Gasteiger charge is 2.31. The zero-order valence-electron chi connectivity index (χ0n) is 21.1. The van der Waals surface area contributed by atoms with Gasteiger partial charge in [0.2, 0.25) is 0 Å². The Kier molecular flexibility index (Phi) is 9.95. The van der Waals surface area contributed by atoms with Crippen LogP contribution in [0, 0.1) is 5.41 Å². The first-order chi connectivity index (χ1) is 17.6. The fraction of sp³-hybridized carbons (Fsp3) is 0.520. The number of ether oxygens (including phenoxy) is 3. The molecule has 1 aliphatic heterocycles. The van der Waals surface area contributed by atoms with Gasteiger partial charge in [-0.05, 0) is 51.9 Å². The molecule has 0 spiro atoms. The minimum Gasteiger partial charge on any atom is -0.491 e. The number of pyridine rings is 1. The number of hydrogen-bond acceptors (Lipinski definition) is 9. The fourth-order valence-electron chi connectivity index (χ4n) is 3.90. The molecule has 1 aromatic heterocycles. The van der Waals surface area contributed by atoms with E-state index in [1.165, 1.54) is 12.3 Å². The molecule has 3 rings (SSSR count). The number of anilines is 2. The predicted molar refractivity (Wildman–Crippen MR) is 136 cm³/mol. The molecule has 2 heterocycles. The van der Waals surface area contributed by atoms with E-state index in [0.717, 1.165) is 18.9 Å². The summed E-state index contributed by atoms with van der Waals surface area (Å²) in [4.78, 5) is 4.63. The van der Waals surface area contributed by atoms with Crippen LogP contribution in [-0.2, 0) is 4.74 Å². The molecular formula is C25H34F3N5O4. The Morgan fingerprint density at radius 3 is 2.51 bits per heavy atom. The molecule has 0 aliphatic carbocycles. The molecule has 1 atom stereocenters. The van der Waals surface area contributed by atoms with Gasteiger partial charge in [0.05, 0.1) is 11.3 Å². The maximum atomic E-state index is 13.1. The van der Waals surface area contributed by atoms with E-state index in [1.54, 1.807) is 19.2 Å². The second-order valence-electron chi connectivity index (χ2n) is 9.06. The van der Waals surface area contributed by atoms with Gasteiger partial charge in [-0.25, -0.2) is 4.98 Å². The molecule has 9 nitrogen and oxygen atoms in total. The Bertz CT molecular complexity index is 1050. The van der Waals surface area contributed by atoms with Crippen LogP contribution in [0.2, 0.25) is 0 Å². The van der Waals surface area contributed by atoms with E-state index in [-0.39, 0.29) is 31.0 Å². The quantitative estimate of drug-likeness (QED) is 0.264. The summed E-state index contributed by atoms with van der Waals surface area (Å²) in [6, 6.07) is 5.69. The lowest BCUT2D eigenvalue weighted by Gasteiger charge is -2.26. The number of nitrogens with zero attached hydrogens (tertiary/aromatic N) is 1. The van der Waals surface area contributed by atoms with Crippen molar-refractivity contribution in [3.63, 3.8) is 0 Å². The first-order valence-corrected chi connectivity index (χ1v) is 12.1. The Morgan fingerprint density at radius 2 is 1.89 bits per heavy atom. The average Bonchev–Trinajstić information content (AvgIpc) is 2.82. The minimum absolute atomic E-state index is 0.00941. The summed E-state index contributed by atoms with van der Waals surface area (Å²) >= 11 is 0. The van der Waals surface area contributed by atoms with Crippen molar-refractivity contribution in [2.75, 3.05) is 44.0 Å². The monoisotopic (exact) mass is 525 g/mol. The van der Waals surface area contributed by atoms with Crippen LogP contribution < -0.4 is 25.4 Å². The number of likely N-dealkylation sites (N-methyl/N-ethyl adjacent to an activating group) is 1. The summed E-state index contributed by atoms with van der Waals surface area (Å²) in [6.45, 7) is 5.20. The highest BCUT2D eigenvalue weighted by molar-refractivity contribution is 5.94. The van der Waals surface area contributed by atoms with Crippen LogP contribution in [-0.4, -0.2) is 74.3 Å². The van der Waals surface area contributed by atoms with Crippen LogP contribution in [0.1, 0.15) is 32.3 Å². The van der Waals surface area contributed by atoms with Crippen LogP contribution in [0.5, 0.6) is 11.5 Å². The Balaban J connectivity index is 2.06. The standard InChI is InChI=1S/C25H34F3N5O4/c1-15(2)31-24-21(12-29)23(32-17-4-6-35-7-5-17)11-22(33-24)16-8-19(36-14-18(34)13-30-3)10-20(9-16)37-25(26,27)28/h8-12,15,17-18,29-30,34H,4-7,13-14H2,1-3H3,(H2,31,32,33). The van der Waals surface area contributed by atoms with E-state index >= 15 is 0 Å². The largest absolute Gasteiger partial charge is 0.573 e. The van der Waals surface area contributed by atoms with Crippen molar-refractivity contribution >= 4 is 17.7 Å². The van der Waals surface area contributed by atoms with Gasteiger partial charge < -0.3 is 40.7 Å². The number of hydrogen-bond donors (Lipinski definition) is 5. The molecule has 204 valence electrons. The van der Waals surface area contributed by atoms with Gasteiger partial charge in [0.25, 0.3) is 0 Å². The van der Waals surface area contributed by atoms with E-state index in [2.05, 4.69) is 25.7 Å². The van der Waals surface area contributed by atoms with Gasteiger partial charge in [0.1, 0.15) is 30.0 Å². The third-order valence-electron chi connectivity index (χ3n) is 5.50. The number of aliphatic hydroxyl groups excluding tert-OH is 1. The van der Waals surface area contributed by atoms with Gasteiger partial charge >= 0.3 is 6.36 Å². The maximum Gasteiger partial charge on any atom is 0.573 e. The van der Waals surface area contributed by atoms with Gasteiger partial charge in [-0.2, -0.15) is 0 Å². The topological polar surface area (TPSA) is 121 Å². The molecule has 1 aromatic carbocycles. The highest BCUT2D eigenvalue weighted by Crippen LogP contribution is 2.35. The van der Waals surface area contributed by atoms with Crippen LogP contribution >= 0.6 is 0 Å². The number of halogens is 3. The SMILES string of the molecule is CNCC(O)COc1cc(OC(F)(F)F)cc(-c2cc(NC3CCOCC3)c(C=N)c(NC(C)C)n2)c1. The Hall–Kier alpha value is -3.09. The molecule has 0 saturated carbocycles. The second kappa shape index (κ2) is 12.9. The maximum absolute atomic E-state index is 13.1. The van der Waals surface area contributed by atoms with E-state index < -0.39 is 18.2 Å². The lowest BCUT2D eigenvalue weighted by atomic mass is 10.0. The summed E-state index contributed by atoms with van der Waals surface area (Å²) in [5.74, 6) is 0.0339. The lowest BCUT2D eigenvalue weighted by Crippen LogP contribution is -2.29. The molecule has 1 aliphatic rings. The third-order valence-corrected chi connectivity index (χ3v) is 5.50. The van der Waals surface area contributed by atoms with Gasteiger partial charge in [-0.3, -0.25) is 0 Å². The summed E-state index contributed by atoms with van der Waals surface area (Å²) in [5.41, 5.74) is 1.84. The number of nitrogens with one attached hydrogen (secondary N) is 4. The van der Waals surface area contributed by atoms with Crippen molar-refractivity contribution in [1.82, 2.24) is 10.3 Å². The van der Waals surface area contributed by atoms with E-state index in [4.69, 9.17) is 14.9 Å². The van der Waals surface area contributed by atoms with Crippen molar-refractivity contribution < 1.29 is 32.5 Å². The molecule has 37 heavy (non-hydrogen) atoms. The number of benzene rings is 1. The minimum atomic E-state index is -4.90. The van der Waals surface area contributed by atoms with Gasteiger partial charge in [0.15, 0.2) is 0 Å². The molecule has 1 saturated heterocycles. The number of aromatic nitrogens is 1. The second-order valence-corrected chi connectivity index (χ2v) is 9.06. The lowest BCUT2D eigenvalue weighted by molar-refractivity contribution is -0.274. The van der Waals surface area contributed by atoms with E-state index in [0.29, 0.717) is 41.5 Å². The molecule has 12 heteroatoms. The predicted octanol–water partition coefficient (Wildman–Crippen LogP) is 4.02. The zero-order valence-corrected chi connectivity index (χ0v) is 21.1. The van der Waals surface area contributed by atoms with Crippen LogP contribution in [0.15, 0.2) is 24.3 Å². The summed E-state index contributed by atoms with van der Waals surface area (Å²) in [7, 11) is 1.66. The molecule has 1 fully saturated rings. The first-order valence-electron chi connectivity index (χ1n) is 12.1. The molecule has 2 aromatic rings.